The maximum atomic E-state index is 14.0. The molecule has 0 aliphatic carbocycles. The molecule has 3 amide bonds. The van der Waals surface area contributed by atoms with Crippen LogP contribution in [-0.4, -0.2) is 67.1 Å². The van der Waals surface area contributed by atoms with Gasteiger partial charge in [-0.1, -0.05) is 24.3 Å². The van der Waals surface area contributed by atoms with Crippen molar-refractivity contribution in [1.82, 2.24) is 4.90 Å². The Bertz CT molecular complexity index is 1940. The predicted molar refractivity (Wildman–Crippen MR) is 180 cm³/mol. The van der Waals surface area contributed by atoms with Crippen LogP contribution in [-0.2, 0) is 34.1 Å². The summed E-state index contributed by atoms with van der Waals surface area (Å²) in [4.78, 5) is 28.5. The lowest BCUT2D eigenvalue weighted by atomic mass is 9.98. The van der Waals surface area contributed by atoms with Crippen LogP contribution in [0.3, 0.4) is 0 Å². The third-order valence-corrected chi connectivity index (χ3v) is 9.94. The number of anilines is 1. The summed E-state index contributed by atoms with van der Waals surface area (Å²) in [7, 11) is -2.48. The molecule has 0 aromatic heterocycles. The highest BCUT2D eigenvalue weighted by molar-refractivity contribution is 7.87. The quantitative estimate of drug-likeness (QED) is 0.103. The summed E-state index contributed by atoms with van der Waals surface area (Å²) in [5, 5.41) is 12.3. The number of likely N-dealkylation sites (tertiary alicyclic amines) is 1. The molecular formula is C36H37F4N4O6S+. The first-order valence-electron chi connectivity index (χ1n) is 16.0. The molecule has 270 valence electrons. The van der Waals surface area contributed by atoms with Crippen LogP contribution in [0.2, 0.25) is 0 Å². The Kier molecular flexibility index (Phi) is 11.0. The number of rotatable bonds is 10. The number of urea groups is 1. The molecule has 1 aliphatic heterocycles. The molecule has 0 spiro atoms. The second-order valence-electron chi connectivity index (χ2n) is 12.8. The molecule has 5 rings (SSSR count). The Morgan fingerprint density at radius 3 is 2.18 bits per heavy atom. The zero-order valence-corrected chi connectivity index (χ0v) is 28.3. The first-order chi connectivity index (χ1) is 24.0. The predicted octanol–water partition coefficient (Wildman–Crippen LogP) is 6.06. The fourth-order valence-electron chi connectivity index (χ4n) is 6.15. The van der Waals surface area contributed by atoms with Crippen molar-refractivity contribution in [3.8, 4) is 11.5 Å². The van der Waals surface area contributed by atoms with Gasteiger partial charge in [-0.15, -0.1) is 0 Å². The number of amides is 3. The Hall–Kier alpha value is -4.99. The molecule has 10 nitrogen and oxygen atoms in total. The second-order valence-corrected chi connectivity index (χ2v) is 14.4. The average Bonchev–Trinajstić information content (AvgIpc) is 3.07. The highest BCUT2D eigenvalue weighted by atomic mass is 32.2. The minimum atomic E-state index is -4.64. The summed E-state index contributed by atoms with van der Waals surface area (Å²) >= 11 is 0. The molecule has 1 unspecified atom stereocenters. The van der Waals surface area contributed by atoms with Crippen molar-refractivity contribution in [3.63, 3.8) is 0 Å². The maximum Gasteiger partial charge on any atom is 0.416 e. The van der Waals surface area contributed by atoms with Crippen molar-refractivity contribution in [3.05, 3.63) is 120 Å². The number of carbonyl (C=O) groups excluding carboxylic acids is 2. The molecule has 1 heterocycles. The lowest BCUT2D eigenvalue weighted by Gasteiger charge is -2.44. The zero-order chi connectivity index (χ0) is 37.0. The van der Waals surface area contributed by atoms with Gasteiger partial charge in [0.2, 0.25) is 5.91 Å². The van der Waals surface area contributed by atoms with Crippen molar-refractivity contribution in [2.24, 2.45) is 5.73 Å². The molecule has 4 aromatic carbocycles. The van der Waals surface area contributed by atoms with Crippen LogP contribution in [0.5, 0.6) is 11.5 Å². The summed E-state index contributed by atoms with van der Waals surface area (Å²) in [5.41, 5.74) is 7.14. The number of nitrogens with one attached hydrogen (secondary N) is 1. The minimum absolute atomic E-state index is 0.0497. The lowest BCUT2D eigenvalue weighted by Crippen LogP contribution is -2.62. The third-order valence-electron chi connectivity index (χ3n) is 8.68. The highest BCUT2D eigenvalue weighted by Gasteiger charge is 2.41. The van der Waals surface area contributed by atoms with E-state index in [9.17, 15) is 40.7 Å². The number of nitrogens with zero attached hydrogens (tertiary/aromatic N) is 2. The van der Waals surface area contributed by atoms with E-state index in [0.29, 0.717) is 48.1 Å². The van der Waals surface area contributed by atoms with Gasteiger partial charge in [-0.3, -0.25) is 9.69 Å². The van der Waals surface area contributed by atoms with E-state index in [1.54, 1.807) is 24.3 Å². The van der Waals surface area contributed by atoms with E-state index < -0.39 is 50.8 Å². The number of phenolic OH excluding ortho intramolecular Hbond substituents is 1. The molecule has 1 aliphatic rings. The van der Waals surface area contributed by atoms with E-state index in [1.165, 1.54) is 48.5 Å². The number of hydrogen-bond donors (Lipinski definition) is 3. The van der Waals surface area contributed by atoms with Gasteiger partial charge in [0, 0.05) is 11.3 Å². The summed E-state index contributed by atoms with van der Waals surface area (Å²) in [5.74, 6) is -1.09. The van der Waals surface area contributed by atoms with Gasteiger partial charge in [0.05, 0.1) is 31.2 Å². The van der Waals surface area contributed by atoms with Crippen molar-refractivity contribution in [1.29, 1.82) is 0 Å². The summed E-state index contributed by atoms with van der Waals surface area (Å²) in [6.45, 7) is 1.70. The standard InChI is InChI=1S/C36H36F4N4O6S/c1-44(22-25-4-10-27(37)11-5-25)20-2-3-29(23-44)43(34(46)33(41)21-24-6-14-30(45)15-7-24)35(47)42-28-12-16-31(17-13-28)50-51(48,49)32-18-8-26(9-19-32)36(38,39)40/h4-19,29,33H,2-3,20-23,41H2,1H3,(H-,42,45,47)/p+1/t29-,33-,44?/m0/s1. The molecule has 1 fully saturated rings. The van der Waals surface area contributed by atoms with Crippen LogP contribution in [0.15, 0.2) is 102 Å². The molecule has 0 saturated carbocycles. The number of halogens is 4. The number of phenols is 1. The number of alkyl halides is 3. The Morgan fingerprint density at radius 2 is 1.57 bits per heavy atom. The summed E-state index contributed by atoms with van der Waals surface area (Å²) < 4.78 is 83.2. The monoisotopic (exact) mass is 729 g/mol. The van der Waals surface area contributed by atoms with Crippen LogP contribution in [0, 0.1) is 5.82 Å². The van der Waals surface area contributed by atoms with Gasteiger partial charge in [-0.25, -0.2) is 9.18 Å². The van der Waals surface area contributed by atoms with Gasteiger partial charge in [0.25, 0.3) is 0 Å². The number of likely N-dealkylation sites (N-methyl/N-ethyl adjacent to an activating group) is 1. The third kappa shape index (κ3) is 9.62. The normalized spacial score (nSPS) is 18.4. The Balaban J connectivity index is 1.33. The number of benzene rings is 4. The van der Waals surface area contributed by atoms with Crippen molar-refractivity contribution in [2.75, 3.05) is 25.5 Å². The van der Waals surface area contributed by atoms with Gasteiger partial charge in [-0.2, -0.15) is 21.6 Å². The highest BCUT2D eigenvalue weighted by Crippen LogP contribution is 2.31. The number of hydrogen-bond acceptors (Lipinski definition) is 7. The number of aromatic hydroxyl groups is 1. The Labute approximate surface area is 292 Å². The molecule has 51 heavy (non-hydrogen) atoms. The number of nitrogens with two attached hydrogens (primary N) is 1. The van der Waals surface area contributed by atoms with Gasteiger partial charge in [-0.05, 0) is 97.6 Å². The fourth-order valence-corrected chi connectivity index (χ4v) is 7.08. The second kappa shape index (κ2) is 15.1. The van der Waals surface area contributed by atoms with E-state index in [1.807, 2.05) is 7.05 Å². The molecule has 15 heteroatoms. The van der Waals surface area contributed by atoms with Crippen molar-refractivity contribution in [2.45, 2.75) is 49.0 Å². The zero-order valence-electron chi connectivity index (χ0n) is 27.5. The molecule has 3 atom stereocenters. The summed E-state index contributed by atoms with van der Waals surface area (Å²) in [6.07, 6.45) is -3.35. The van der Waals surface area contributed by atoms with Crippen molar-refractivity contribution >= 4 is 27.7 Å². The molecule has 0 radical (unpaired) electrons. The van der Waals surface area contributed by atoms with Crippen LogP contribution in [0.1, 0.15) is 29.5 Å². The van der Waals surface area contributed by atoms with E-state index in [-0.39, 0.29) is 29.4 Å². The fraction of sp³-hybridized carbons (Fsp3) is 0.278. The minimum Gasteiger partial charge on any atom is -0.508 e. The van der Waals surface area contributed by atoms with E-state index >= 15 is 0 Å². The van der Waals surface area contributed by atoms with Crippen LogP contribution in [0.4, 0.5) is 28.0 Å². The molecule has 4 aromatic rings. The molecule has 0 bridgehead atoms. The molecular weight excluding hydrogens is 692 g/mol. The van der Waals surface area contributed by atoms with Gasteiger partial charge >= 0.3 is 22.3 Å². The van der Waals surface area contributed by atoms with Gasteiger partial charge in [0.15, 0.2) is 0 Å². The largest absolute Gasteiger partial charge is 0.508 e. The molecule has 1 saturated heterocycles. The maximum absolute atomic E-state index is 14.0. The number of imide groups is 1. The van der Waals surface area contributed by atoms with Crippen LogP contribution >= 0.6 is 0 Å². The first kappa shape index (κ1) is 37.3. The number of carbonyl (C=O) groups is 2. The topological polar surface area (TPSA) is 139 Å². The lowest BCUT2D eigenvalue weighted by molar-refractivity contribution is -0.928. The first-order valence-corrected chi connectivity index (χ1v) is 17.4. The van der Waals surface area contributed by atoms with Gasteiger partial charge in [0.1, 0.15) is 35.3 Å². The smallest absolute Gasteiger partial charge is 0.416 e. The van der Waals surface area contributed by atoms with E-state index in [4.69, 9.17) is 9.92 Å². The average molecular weight is 730 g/mol. The van der Waals surface area contributed by atoms with Crippen LogP contribution in [0.25, 0.3) is 0 Å². The summed E-state index contributed by atoms with van der Waals surface area (Å²) in [6, 6.07) is 18.0. The van der Waals surface area contributed by atoms with Crippen molar-refractivity contribution < 1.29 is 49.3 Å². The van der Waals surface area contributed by atoms with Crippen LogP contribution < -0.4 is 15.2 Å². The molecule has 4 N–H and O–H groups in total. The van der Waals surface area contributed by atoms with E-state index in [0.717, 1.165) is 29.1 Å². The Morgan fingerprint density at radius 1 is 0.961 bits per heavy atom. The van der Waals surface area contributed by atoms with Gasteiger partial charge < -0.3 is 24.8 Å². The number of quaternary nitrogens is 1. The van der Waals surface area contributed by atoms with E-state index in [2.05, 4.69) is 5.32 Å². The SMILES string of the molecule is C[N+]1(Cc2ccc(F)cc2)CCC[C@H](N(C(=O)Nc2ccc(OS(=O)(=O)c3ccc(C(F)(F)F)cc3)cc2)C(=O)[C@@H](N)Cc2ccc(O)cc2)C1. The number of piperidine rings is 1.